The third-order valence-corrected chi connectivity index (χ3v) is 4.47. The molecule has 1 amide bonds. The third kappa shape index (κ3) is 3.61. The van der Waals surface area contributed by atoms with E-state index in [4.69, 9.17) is 27.7 Å². The molecule has 0 unspecified atom stereocenters. The molecule has 1 aliphatic rings. The fraction of sp³-hybridized carbons (Fsp3) is 0.857. The van der Waals surface area contributed by atoms with Crippen LogP contribution in [0.3, 0.4) is 0 Å². The molecular weight excluding hydrogens is 262 g/mol. The predicted octanol–water partition coefficient (Wildman–Crippen LogP) is 1.41. The number of rotatable bonds is 5. The van der Waals surface area contributed by atoms with E-state index in [-0.39, 0.29) is 18.9 Å². The minimum atomic E-state index is -3.25. The summed E-state index contributed by atoms with van der Waals surface area (Å²) in [7, 11) is -3.25. The summed E-state index contributed by atoms with van der Waals surface area (Å²) in [6.07, 6.45) is 0.236. The van der Waals surface area contributed by atoms with Crippen molar-refractivity contribution in [1.82, 2.24) is 9.76 Å². The molecule has 1 saturated heterocycles. The zero-order chi connectivity index (χ0) is 11.3. The van der Waals surface area contributed by atoms with E-state index in [1.807, 2.05) is 0 Å². The summed E-state index contributed by atoms with van der Waals surface area (Å²) in [6.45, 7) is 0.905. The van der Waals surface area contributed by atoms with Gasteiger partial charge in [-0.2, -0.15) is 0 Å². The number of hydrogen-bond acceptors (Lipinski definition) is 3. The van der Waals surface area contributed by atoms with Crippen LogP contribution in [-0.4, -0.2) is 42.0 Å². The zero-order valence-corrected chi connectivity index (χ0v) is 10.5. The largest absolute Gasteiger partial charge is 0.370 e. The molecule has 1 heterocycles. The average Bonchev–Trinajstić information content (AvgIpc) is 2.17. The smallest absolute Gasteiger partial charge is 0.301 e. The lowest BCUT2D eigenvalue weighted by Crippen LogP contribution is -2.38. The maximum Gasteiger partial charge on any atom is 0.370 e. The lowest BCUT2D eigenvalue weighted by atomic mass is 10.4. The molecule has 0 radical (unpaired) electrons. The summed E-state index contributed by atoms with van der Waals surface area (Å²) in [4.78, 5) is 11.1. The molecule has 1 N–H and O–H groups in total. The number of carbonyl (C=O) groups is 1. The molecule has 0 aromatic heterocycles. The first-order valence-corrected chi connectivity index (χ1v) is 7.20. The summed E-state index contributed by atoms with van der Waals surface area (Å²) in [5.74, 6) is 0.346. The van der Waals surface area contributed by atoms with Gasteiger partial charge in [-0.3, -0.25) is 9.88 Å². The van der Waals surface area contributed by atoms with Gasteiger partial charge in [0, 0.05) is 24.8 Å². The van der Waals surface area contributed by atoms with Crippen LogP contribution in [0.15, 0.2) is 0 Å². The van der Waals surface area contributed by atoms with Crippen LogP contribution in [0.2, 0.25) is 0 Å². The quantitative estimate of drug-likeness (QED) is 0.608. The van der Waals surface area contributed by atoms with Crippen molar-refractivity contribution in [3.05, 3.63) is 0 Å². The summed E-state index contributed by atoms with van der Waals surface area (Å²) >= 11 is 11.2. The fourth-order valence-corrected chi connectivity index (χ4v) is 3.74. The van der Waals surface area contributed by atoms with Crippen molar-refractivity contribution in [1.29, 1.82) is 0 Å². The number of nitrogens with one attached hydrogen (secondary N) is 1. The molecule has 1 aliphatic heterocycles. The van der Waals surface area contributed by atoms with E-state index in [1.54, 1.807) is 0 Å². The van der Waals surface area contributed by atoms with Crippen LogP contribution in [0.5, 0.6) is 0 Å². The second-order valence-corrected chi connectivity index (χ2v) is 5.81. The molecule has 1 atom stereocenters. The summed E-state index contributed by atoms with van der Waals surface area (Å²) in [5, 5.41) is 2.37. The predicted molar refractivity (Wildman–Crippen MR) is 59.3 cm³/mol. The fourth-order valence-electron chi connectivity index (χ4n) is 1.23. The number of alkyl halides is 2. The van der Waals surface area contributed by atoms with Crippen molar-refractivity contribution in [2.24, 2.45) is 0 Å². The van der Waals surface area contributed by atoms with Crippen LogP contribution >= 0.6 is 30.9 Å². The Morgan fingerprint density at radius 2 is 2.00 bits per heavy atom. The molecule has 0 saturated carbocycles. The van der Waals surface area contributed by atoms with E-state index >= 15 is 0 Å². The Kier molecular flexibility index (Phi) is 5.36. The standard InChI is InChI=1S/C7H13Cl2N2O3P/c8-2-4-11(5-3-9)15(13)10-7(12)1-6-14-15/h1-6H2,(H,10,12,13)/t15-/m1/s1. The Labute approximate surface area is 98.6 Å². The van der Waals surface area contributed by atoms with Crippen LogP contribution in [0.1, 0.15) is 6.42 Å². The number of halogens is 2. The molecular formula is C7H13Cl2N2O3P. The van der Waals surface area contributed by atoms with Crippen LogP contribution < -0.4 is 5.09 Å². The second kappa shape index (κ2) is 6.06. The number of carbonyl (C=O) groups excluding carboxylic acids is 1. The van der Waals surface area contributed by atoms with Crippen LogP contribution in [0, 0.1) is 0 Å². The van der Waals surface area contributed by atoms with Gasteiger partial charge in [0.2, 0.25) is 5.91 Å². The molecule has 15 heavy (non-hydrogen) atoms. The first-order chi connectivity index (χ1) is 7.12. The van der Waals surface area contributed by atoms with Gasteiger partial charge >= 0.3 is 7.67 Å². The van der Waals surface area contributed by atoms with Crippen molar-refractivity contribution in [2.45, 2.75) is 6.42 Å². The summed E-state index contributed by atoms with van der Waals surface area (Å²) in [6, 6.07) is 0. The van der Waals surface area contributed by atoms with Gasteiger partial charge < -0.3 is 4.52 Å². The SMILES string of the molecule is O=C1CCO[P@@](=O)(N(CCCl)CCCl)N1. The Morgan fingerprint density at radius 3 is 2.47 bits per heavy atom. The molecule has 8 heteroatoms. The van der Waals surface area contributed by atoms with Gasteiger partial charge in [-0.1, -0.05) is 0 Å². The van der Waals surface area contributed by atoms with Crippen molar-refractivity contribution >= 4 is 36.8 Å². The molecule has 1 rings (SSSR count). The van der Waals surface area contributed by atoms with Gasteiger partial charge in [0.1, 0.15) is 0 Å². The molecule has 0 bridgehead atoms. The van der Waals surface area contributed by atoms with Crippen LogP contribution in [-0.2, 0) is 13.9 Å². The van der Waals surface area contributed by atoms with E-state index in [0.717, 1.165) is 0 Å². The molecule has 5 nitrogen and oxygen atoms in total. The van der Waals surface area contributed by atoms with Gasteiger partial charge in [0.05, 0.1) is 13.0 Å². The molecule has 0 aromatic rings. The van der Waals surface area contributed by atoms with Crippen molar-refractivity contribution in [3.8, 4) is 0 Å². The first-order valence-electron chi connectivity index (χ1n) is 4.55. The highest BCUT2D eigenvalue weighted by molar-refractivity contribution is 7.55. The van der Waals surface area contributed by atoms with E-state index < -0.39 is 7.67 Å². The van der Waals surface area contributed by atoms with E-state index in [2.05, 4.69) is 5.09 Å². The molecule has 0 aromatic carbocycles. The summed E-state index contributed by atoms with van der Waals surface area (Å²) in [5.41, 5.74) is 0. The third-order valence-electron chi connectivity index (χ3n) is 1.92. The van der Waals surface area contributed by atoms with Gasteiger partial charge in [0.25, 0.3) is 0 Å². The summed E-state index contributed by atoms with van der Waals surface area (Å²) < 4.78 is 18.8. The number of nitrogens with zero attached hydrogens (tertiary/aromatic N) is 1. The minimum Gasteiger partial charge on any atom is -0.301 e. The van der Waals surface area contributed by atoms with Crippen molar-refractivity contribution in [3.63, 3.8) is 0 Å². The normalized spacial score (nSPS) is 26.7. The van der Waals surface area contributed by atoms with Crippen LogP contribution in [0.25, 0.3) is 0 Å². The average molecular weight is 275 g/mol. The molecule has 88 valence electrons. The monoisotopic (exact) mass is 274 g/mol. The Balaban J connectivity index is 2.70. The molecule has 0 spiro atoms. The topological polar surface area (TPSA) is 58.6 Å². The van der Waals surface area contributed by atoms with E-state index in [0.29, 0.717) is 24.8 Å². The van der Waals surface area contributed by atoms with Gasteiger partial charge in [0.15, 0.2) is 0 Å². The number of amides is 1. The van der Waals surface area contributed by atoms with E-state index in [1.165, 1.54) is 4.67 Å². The van der Waals surface area contributed by atoms with Crippen molar-refractivity contribution in [2.75, 3.05) is 31.5 Å². The van der Waals surface area contributed by atoms with E-state index in [9.17, 15) is 9.36 Å². The second-order valence-electron chi connectivity index (χ2n) is 2.97. The van der Waals surface area contributed by atoms with Gasteiger partial charge in [-0.15, -0.1) is 23.2 Å². The Bertz CT molecular complexity index is 271. The van der Waals surface area contributed by atoms with Gasteiger partial charge in [-0.25, -0.2) is 9.24 Å². The highest BCUT2D eigenvalue weighted by Gasteiger charge is 2.36. The maximum atomic E-state index is 12.2. The van der Waals surface area contributed by atoms with Crippen molar-refractivity contribution < 1.29 is 13.9 Å². The van der Waals surface area contributed by atoms with Crippen LogP contribution in [0.4, 0.5) is 0 Å². The van der Waals surface area contributed by atoms with Gasteiger partial charge in [-0.05, 0) is 0 Å². The highest BCUT2D eigenvalue weighted by atomic mass is 35.5. The molecule has 0 aliphatic carbocycles. The molecule has 1 fully saturated rings. The Morgan fingerprint density at radius 1 is 1.40 bits per heavy atom. The highest BCUT2D eigenvalue weighted by Crippen LogP contribution is 2.48. The lowest BCUT2D eigenvalue weighted by molar-refractivity contribution is -0.121. The maximum absolute atomic E-state index is 12.2. The zero-order valence-electron chi connectivity index (χ0n) is 8.12. The first kappa shape index (κ1) is 13.3. The Hall–Kier alpha value is 0.200. The lowest BCUT2D eigenvalue weighted by Gasteiger charge is -2.32. The number of hydrogen-bond donors (Lipinski definition) is 1. The minimum absolute atomic E-state index is 0.171.